The number of hydrogen-bond acceptors (Lipinski definition) is 7. The second-order valence-electron chi connectivity index (χ2n) is 10.8. The quantitative estimate of drug-likeness (QED) is 0.227. The van der Waals surface area contributed by atoms with Crippen LogP contribution in [0.1, 0.15) is 41.4 Å². The predicted octanol–water partition coefficient (Wildman–Crippen LogP) is 6.00. The van der Waals surface area contributed by atoms with E-state index in [-0.39, 0.29) is 41.0 Å². The molecule has 43 heavy (non-hydrogen) atoms. The molecule has 1 aliphatic rings. The lowest BCUT2D eigenvalue weighted by molar-refractivity contribution is -0.146. The minimum Gasteiger partial charge on any atom is -0.466 e. The van der Waals surface area contributed by atoms with Crippen molar-refractivity contribution in [3.8, 4) is 11.3 Å². The first-order valence-electron chi connectivity index (χ1n) is 14.2. The van der Waals surface area contributed by atoms with Crippen LogP contribution in [-0.4, -0.2) is 71.3 Å². The molecule has 11 heteroatoms. The molecule has 1 aliphatic heterocycles. The molecule has 4 aromatic rings. The summed E-state index contributed by atoms with van der Waals surface area (Å²) < 4.78 is 26.4. The number of esters is 1. The number of para-hydroxylation sites is 1. The SMILES string of the molecule is CCOC(=O)C[C@@H]1CCN(C(=O)c2cc3nc(-c4ccc(F)c(Cl)c4)cc(N(C)c4c(C)cccc4C)n3n2)C[C@@H]1OC. The van der Waals surface area contributed by atoms with Gasteiger partial charge in [-0.1, -0.05) is 29.8 Å². The summed E-state index contributed by atoms with van der Waals surface area (Å²) in [7, 11) is 3.52. The third kappa shape index (κ3) is 6.21. The smallest absolute Gasteiger partial charge is 0.306 e. The fourth-order valence-corrected chi connectivity index (χ4v) is 5.98. The summed E-state index contributed by atoms with van der Waals surface area (Å²) in [6.07, 6.45) is 0.541. The number of rotatable bonds is 8. The number of aryl methyl sites for hydroxylation is 2. The van der Waals surface area contributed by atoms with Gasteiger partial charge in [0.05, 0.1) is 29.8 Å². The van der Waals surface area contributed by atoms with Crippen LogP contribution in [0.2, 0.25) is 5.02 Å². The van der Waals surface area contributed by atoms with Crippen molar-refractivity contribution in [2.75, 3.05) is 38.8 Å². The zero-order valence-corrected chi connectivity index (χ0v) is 25.7. The number of amides is 1. The Labute approximate surface area is 255 Å². The van der Waals surface area contributed by atoms with Gasteiger partial charge >= 0.3 is 5.97 Å². The molecule has 1 amide bonds. The monoisotopic (exact) mass is 607 g/mol. The molecule has 2 aromatic carbocycles. The Morgan fingerprint density at radius 2 is 1.88 bits per heavy atom. The second kappa shape index (κ2) is 12.7. The number of fused-ring (bicyclic) bond motifs is 1. The minimum absolute atomic E-state index is 0.00717. The van der Waals surface area contributed by atoms with Crippen LogP contribution in [0.5, 0.6) is 0 Å². The van der Waals surface area contributed by atoms with E-state index in [1.165, 1.54) is 12.1 Å². The lowest BCUT2D eigenvalue weighted by atomic mass is 9.90. The third-order valence-corrected chi connectivity index (χ3v) is 8.27. The average molecular weight is 608 g/mol. The van der Waals surface area contributed by atoms with Gasteiger partial charge in [0.2, 0.25) is 0 Å². The molecule has 0 bridgehead atoms. The van der Waals surface area contributed by atoms with Crippen molar-refractivity contribution >= 4 is 40.6 Å². The highest BCUT2D eigenvalue weighted by atomic mass is 35.5. The van der Waals surface area contributed by atoms with Gasteiger partial charge in [-0.05, 0) is 62.4 Å². The number of piperidine rings is 1. The number of anilines is 2. The molecule has 0 N–H and O–H groups in total. The van der Waals surface area contributed by atoms with Crippen molar-refractivity contribution in [2.24, 2.45) is 5.92 Å². The van der Waals surface area contributed by atoms with E-state index in [1.807, 2.05) is 50.1 Å². The van der Waals surface area contributed by atoms with Gasteiger partial charge in [-0.3, -0.25) is 9.59 Å². The standard InChI is InChI=1S/C32H35ClFN5O4/c1-6-43-30(40)15-22-12-13-38(18-27(22)42-5)32(41)26-16-28-35-25(21-10-11-24(34)23(33)14-21)17-29(39(28)36-26)37(4)31-19(2)8-7-9-20(31)3/h7-11,14,16-17,22,27H,6,12-13,15,18H2,1-5H3/t22-,27-/m0/s1. The van der Waals surface area contributed by atoms with Crippen molar-refractivity contribution in [3.63, 3.8) is 0 Å². The van der Waals surface area contributed by atoms with E-state index in [2.05, 4.69) is 0 Å². The highest BCUT2D eigenvalue weighted by Crippen LogP contribution is 2.34. The number of ether oxygens (including phenoxy) is 2. The fourth-order valence-electron chi connectivity index (χ4n) is 5.80. The van der Waals surface area contributed by atoms with Gasteiger partial charge in [0, 0.05) is 50.6 Å². The predicted molar refractivity (Wildman–Crippen MR) is 163 cm³/mol. The van der Waals surface area contributed by atoms with E-state index >= 15 is 0 Å². The number of methoxy groups -OCH3 is 1. The number of likely N-dealkylation sites (tertiary alicyclic amines) is 1. The summed E-state index contributed by atoms with van der Waals surface area (Å²) in [6.45, 7) is 6.96. The number of benzene rings is 2. The van der Waals surface area contributed by atoms with Crippen LogP contribution in [0, 0.1) is 25.6 Å². The highest BCUT2D eigenvalue weighted by Gasteiger charge is 2.34. The maximum absolute atomic E-state index is 14.0. The number of hydrogen-bond donors (Lipinski definition) is 0. The lowest BCUT2D eigenvalue weighted by Gasteiger charge is -2.37. The molecule has 0 saturated carbocycles. The Kier molecular flexibility index (Phi) is 8.98. The molecule has 0 radical (unpaired) electrons. The Balaban J connectivity index is 1.53. The van der Waals surface area contributed by atoms with Crippen LogP contribution < -0.4 is 4.90 Å². The molecule has 0 spiro atoms. The molecule has 1 saturated heterocycles. The molecule has 5 rings (SSSR count). The van der Waals surface area contributed by atoms with Crippen molar-refractivity contribution < 1.29 is 23.5 Å². The minimum atomic E-state index is -0.517. The van der Waals surface area contributed by atoms with Crippen molar-refractivity contribution in [2.45, 2.75) is 39.7 Å². The molecular weight excluding hydrogens is 573 g/mol. The van der Waals surface area contributed by atoms with Crippen LogP contribution in [0.4, 0.5) is 15.9 Å². The van der Waals surface area contributed by atoms with E-state index in [0.717, 1.165) is 16.8 Å². The number of carbonyl (C=O) groups excluding carboxylic acids is 2. The zero-order valence-electron chi connectivity index (χ0n) is 24.9. The van der Waals surface area contributed by atoms with E-state index in [4.69, 9.17) is 31.2 Å². The Hall–Kier alpha value is -4.02. The highest BCUT2D eigenvalue weighted by molar-refractivity contribution is 6.31. The molecule has 0 unspecified atom stereocenters. The Morgan fingerprint density at radius 1 is 1.14 bits per heavy atom. The van der Waals surface area contributed by atoms with Crippen LogP contribution in [0.25, 0.3) is 16.9 Å². The van der Waals surface area contributed by atoms with E-state index in [9.17, 15) is 14.0 Å². The number of nitrogens with zero attached hydrogens (tertiary/aromatic N) is 5. The molecule has 9 nitrogen and oxygen atoms in total. The van der Waals surface area contributed by atoms with Gasteiger partial charge in [-0.2, -0.15) is 9.61 Å². The van der Waals surface area contributed by atoms with Crippen molar-refractivity contribution in [1.82, 2.24) is 19.5 Å². The summed E-state index contributed by atoms with van der Waals surface area (Å²) in [4.78, 5) is 34.4. The largest absolute Gasteiger partial charge is 0.466 e. The fraction of sp³-hybridized carbons (Fsp3) is 0.375. The second-order valence-corrected chi connectivity index (χ2v) is 11.2. The van der Waals surface area contributed by atoms with Gasteiger partial charge in [0.1, 0.15) is 11.6 Å². The summed E-state index contributed by atoms with van der Waals surface area (Å²) in [5.41, 5.74) is 5.00. The molecule has 0 aliphatic carbocycles. The van der Waals surface area contributed by atoms with Gasteiger partial charge in [-0.25, -0.2) is 9.37 Å². The van der Waals surface area contributed by atoms with Crippen molar-refractivity contribution in [3.05, 3.63) is 76.2 Å². The summed E-state index contributed by atoms with van der Waals surface area (Å²) >= 11 is 6.11. The average Bonchev–Trinajstić information content (AvgIpc) is 3.42. The normalized spacial score (nSPS) is 16.9. The van der Waals surface area contributed by atoms with Crippen LogP contribution in [0.15, 0.2) is 48.5 Å². The first kappa shape index (κ1) is 30.4. The molecule has 2 aromatic heterocycles. The van der Waals surface area contributed by atoms with Gasteiger partial charge in [0.15, 0.2) is 11.3 Å². The first-order valence-corrected chi connectivity index (χ1v) is 14.6. The van der Waals surface area contributed by atoms with E-state index in [1.54, 1.807) is 35.6 Å². The zero-order chi connectivity index (χ0) is 30.8. The van der Waals surface area contributed by atoms with E-state index in [0.29, 0.717) is 48.8 Å². The Morgan fingerprint density at radius 3 is 2.56 bits per heavy atom. The van der Waals surface area contributed by atoms with Crippen molar-refractivity contribution in [1.29, 1.82) is 0 Å². The maximum atomic E-state index is 14.0. The van der Waals surface area contributed by atoms with Gasteiger partial charge in [0.25, 0.3) is 5.91 Å². The number of carbonyl (C=O) groups is 2. The van der Waals surface area contributed by atoms with Gasteiger partial charge < -0.3 is 19.3 Å². The molecule has 226 valence electrons. The first-order chi connectivity index (χ1) is 20.6. The topological polar surface area (TPSA) is 89.3 Å². The lowest BCUT2D eigenvalue weighted by Crippen LogP contribution is -2.48. The van der Waals surface area contributed by atoms with Crippen LogP contribution in [-0.2, 0) is 14.3 Å². The Bertz CT molecular complexity index is 1660. The third-order valence-electron chi connectivity index (χ3n) is 7.98. The summed E-state index contributed by atoms with van der Waals surface area (Å²) in [5, 5.41) is 4.72. The number of halogens is 2. The summed E-state index contributed by atoms with van der Waals surface area (Å²) in [5.74, 6) is -0.413. The molecular formula is C32H35ClFN5O4. The van der Waals surface area contributed by atoms with E-state index < -0.39 is 5.82 Å². The molecule has 2 atom stereocenters. The van der Waals surface area contributed by atoms with Crippen LogP contribution >= 0.6 is 11.6 Å². The molecule has 3 heterocycles. The number of aromatic nitrogens is 3. The summed E-state index contributed by atoms with van der Waals surface area (Å²) in [6, 6.07) is 14.0. The molecule has 1 fully saturated rings. The maximum Gasteiger partial charge on any atom is 0.306 e. The van der Waals surface area contributed by atoms with Crippen LogP contribution in [0.3, 0.4) is 0 Å². The van der Waals surface area contributed by atoms with Gasteiger partial charge in [-0.15, -0.1) is 0 Å².